The highest BCUT2D eigenvalue weighted by Crippen LogP contribution is 2.27. The van der Waals surface area contributed by atoms with Crippen LogP contribution in [0.3, 0.4) is 0 Å². The molecule has 0 fully saturated rings. The Morgan fingerprint density at radius 3 is 2.17 bits per heavy atom. The normalized spacial score (nSPS) is 10.2. The zero-order chi connectivity index (χ0) is 20.8. The highest BCUT2D eigenvalue weighted by molar-refractivity contribution is 6.09. The maximum Gasteiger partial charge on any atom is 0.293 e. The van der Waals surface area contributed by atoms with Crippen molar-refractivity contribution < 1.29 is 14.5 Å². The predicted molar refractivity (Wildman–Crippen MR) is 110 cm³/mol. The number of hydrogen-bond acceptors (Lipinski definition) is 5. The first-order valence-corrected chi connectivity index (χ1v) is 8.92. The van der Waals surface area contributed by atoms with Gasteiger partial charge in [-0.15, -0.1) is 0 Å². The predicted octanol–water partition coefficient (Wildman–Crippen LogP) is 3.80. The maximum absolute atomic E-state index is 12.5. The van der Waals surface area contributed by atoms with E-state index in [-0.39, 0.29) is 22.9 Å². The monoisotopic (exact) mass is 389 g/mol. The number of nitrogens with one attached hydrogen (secondary N) is 2. The second-order valence-corrected chi connectivity index (χ2v) is 6.31. The second kappa shape index (κ2) is 8.79. The molecule has 29 heavy (non-hydrogen) atoms. The number of rotatable bonds is 7. The average Bonchev–Trinajstić information content (AvgIpc) is 2.77. The number of amides is 1. The number of nitrogens with zero attached hydrogens (tertiary/aromatic N) is 1. The molecule has 7 heteroatoms. The third-order valence-electron chi connectivity index (χ3n) is 4.42. The van der Waals surface area contributed by atoms with Gasteiger partial charge in [-0.1, -0.05) is 42.5 Å². The van der Waals surface area contributed by atoms with Gasteiger partial charge in [0.2, 0.25) is 0 Å². The molecule has 0 spiro atoms. The molecule has 0 aromatic heterocycles. The molecule has 0 radical (unpaired) electrons. The van der Waals surface area contributed by atoms with Crippen LogP contribution < -0.4 is 10.6 Å². The number of nitro groups is 1. The van der Waals surface area contributed by atoms with Gasteiger partial charge in [0, 0.05) is 36.3 Å². The summed E-state index contributed by atoms with van der Waals surface area (Å²) >= 11 is 0. The minimum atomic E-state index is -0.515. The fraction of sp³-hybridized carbons (Fsp3) is 0.0909. The third kappa shape index (κ3) is 4.65. The minimum Gasteiger partial charge on any atom is -0.375 e. The van der Waals surface area contributed by atoms with E-state index >= 15 is 0 Å². The van der Waals surface area contributed by atoms with Crippen molar-refractivity contribution >= 4 is 23.1 Å². The topological polar surface area (TPSA) is 101 Å². The molecular weight excluding hydrogens is 370 g/mol. The quantitative estimate of drug-likeness (QED) is 0.364. The summed E-state index contributed by atoms with van der Waals surface area (Å²) in [6, 6.07) is 19.9. The van der Waals surface area contributed by atoms with Crippen molar-refractivity contribution in [3.05, 3.63) is 105 Å². The van der Waals surface area contributed by atoms with E-state index in [9.17, 15) is 19.7 Å². The van der Waals surface area contributed by atoms with Crippen molar-refractivity contribution in [2.75, 3.05) is 12.4 Å². The fourth-order valence-electron chi connectivity index (χ4n) is 2.85. The first-order chi connectivity index (χ1) is 14.0. The Hall–Kier alpha value is -4.00. The molecule has 0 saturated carbocycles. The lowest BCUT2D eigenvalue weighted by molar-refractivity contribution is -0.384. The Morgan fingerprint density at radius 2 is 1.55 bits per heavy atom. The van der Waals surface area contributed by atoms with Gasteiger partial charge < -0.3 is 10.6 Å². The van der Waals surface area contributed by atoms with Gasteiger partial charge >= 0.3 is 0 Å². The molecule has 0 saturated heterocycles. The highest BCUT2D eigenvalue weighted by atomic mass is 16.6. The Labute approximate surface area is 167 Å². The Morgan fingerprint density at radius 1 is 0.897 bits per heavy atom. The SMILES string of the molecule is CNC(=O)c1ccc(CNc2ccc(C(=O)c3ccccc3)cc2[N+](=O)[O-])cc1. The third-order valence-corrected chi connectivity index (χ3v) is 4.42. The van der Waals surface area contributed by atoms with Gasteiger partial charge in [0.15, 0.2) is 5.78 Å². The summed E-state index contributed by atoms with van der Waals surface area (Å²) in [6.07, 6.45) is 0. The van der Waals surface area contributed by atoms with Crippen LogP contribution in [0.4, 0.5) is 11.4 Å². The van der Waals surface area contributed by atoms with E-state index < -0.39 is 4.92 Å². The van der Waals surface area contributed by atoms with Crippen molar-refractivity contribution in [3.8, 4) is 0 Å². The molecule has 3 aromatic rings. The Balaban J connectivity index is 1.78. The number of benzene rings is 3. The molecule has 3 aromatic carbocycles. The Kier molecular flexibility index (Phi) is 5.99. The van der Waals surface area contributed by atoms with Crippen molar-refractivity contribution in [1.29, 1.82) is 0 Å². The highest BCUT2D eigenvalue weighted by Gasteiger charge is 2.18. The standard InChI is InChI=1S/C22H19N3O4/c1-23-22(27)17-9-7-15(8-10-17)14-24-19-12-11-18(13-20(19)25(28)29)21(26)16-5-3-2-4-6-16/h2-13,24H,14H2,1H3,(H,23,27). The summed E-state index contributed by atoms with van der Waals surface area (Å²) in [5, 5.41) is 17.1. The van der Waals surface area contributed by atoms with E-state index in [0.717, 1.165) is 5.56 Å². The Bertz CT molecular complexity index is 1050. The first-order valence-electron chi connectivity index (χ1n) is 8.92. The number of carbonyl (C=O) groups excluding carboxylic acids is 2. The van der Waals surface area contributed by atoms with E-state index in [1.54, 1.807) is 67.7 Å². The van der Waals surface area contributed by atoms with Crippen molar-refractivity contribution in [2.45, 2.75) is 6.54 Å². The molecule has 146 valence electrons. The molecule has 0 aliphatic carbocycles. The zero-order valence-corrected chi connectivity index (χ0v) is 15.7. The molecule has 0 heterocycles. The maximum atomic E-state index is 12.5. The molecule has 0 aliphatic heterocycles. The zero-order valence-electron chi connectivity index (χ0n) is 15.7. The summed E-state index contributed by atoms with van der Waals surface area (Å²) in [5.74, 6) is -0.455. The summed E-state index contributed by atoms with van der Waals surface area (Å²) in [5.41, 5.74) is 2.26. The molecule has 0 unspecified atom stereocenters. The number of anilines is 1. The van der Waals surface area contributed by atoms with Crippen LogP contribution in [0.25, 0.3) is 0 Å². The van der Waals surface area contributed by atoms with Crippen LogP contribution in [0.1, 0.15) is 31.8 Å². The summed E-state index contributed by atoms with van der Waals surface area (Å²) in [6.45, 7) is 0.334. The molecule has 1 amide bonds. The molecule has 3 rings (SSSR count). The van der Waals surface area contributed by atoms with Gasteiger partial charge in [-0.2, -0.15) is 0 Å². The summed E-state index contributed by atoms with van der Waals surface area (Å²) in [7, 11) is 1.56. The number of carbonyl (C=O) groups is 2. The van der Waals surface area contributed by atoms with Gasteiger partial charge in [0.1, 0.15) is 5.69 Å². The number of ketones is 1. The van der Waals surface area contributed by atoms with Gasteiger partial charge in [-0.3, -0.25) is 19.7 Å². The number of hydrogen-bond donors (Lipinski definition) is 2. The lowest BCUT2D eigenvalue weighted by Gasteiger charge is -2.09. The van der Waals surface area contributed by atoms with E-state index in [4.69, 9.17) is 0 Å². The number of nitro benzene ring substituents is 1. The summed E-state index contributed by atoms with van der Waals surface area (Å²) in [4.78, 5) is 35.1. The average molecular weight is 389 g/mol. The van der Waals surface area contributed by atoms with E-state index in [1.165, 1.54) is 12.1 Å². The van der Waals surface area contributed by atoms with Crippen LogP contribution in [-0.4, -0.2) is 23.7 Å². The van der Waals surface area contributed by atoms with E-state index in [1.807, 2.05) is 0 Å². The van der Waals surface area contributed by atoms with Crippen LogP contribution in [-0.2, 0) is 6.54 Å². The summed E-state index contributed by atoms with van der Waals surface area (Å²) < 4.78 is 0. The van der Waals surface area contributed by atoms with Gasteiger partial charge in [0.05, 0.1) is 4.92 Å². The van der Waals surface area contributed by atoms with Crippen molar-refractivity contribution in [2.24, 2.45) is 0 Å². The smallest absolute Gasteiger partial charge is 0.293 e. The molecular formula is C22H19N3O4. The van der Waals surface area contributed by atoms with Crippen LogP contribution in [0, 0.1) is 10.1 Å². The van der Waals surface area contributed by atoms with Crippen molar-refractivity contribution in [1.82, 2.24) is 5.32 Å². The molecule has 7 nitrogen and oxygen atoms in total. The fourth-order valence-corrected chi connectivity index (χ4v) is 2.85. The van der Waals surface area contributed by atoms with Crippen LogP contribution >= 0.6 is 0 Å². The van der Waals surface area contributed by atoms with E-state index in [2.05, 4.69) is 10.6 Å². The van der Waals surface area contributed by atoms with Gasteiger partial charge in [-0.25, -0.2) is 0 Å². The molecule has 2 N–H and O–H groups in total. The first kappa shape index (κ1) is 19.8. The molecule has 0 aliphatic rings. The minimum absolute atomic E-state index is 0.172. The largest absolute Gasteiger partial charge is 0.375 e. The van der Waals surface area contributed by atoms with Crippen LogP contribution in [0.15, 0.2) is 72.8 Å². The van der Waals surface area contributed by atoms with Crippen LogP contribution in [0.2, 0.25) is 0 Å². The second-order valence-electron chi connectivity index (χ2n) is 6.31. The lowest BCUT2D eigenvalue weighted by Crippen LogP contribution is -2.17. The molecule has 0 bridgehead atoms. The van der Waals surface area contributed by atoms with E-state index in [0.29, 0.717) is 23.4 Å². The van der Waals surface area contributed by atoms with Gasteiger partial charge in [0.25, 0.3) is 11.6 Å². The van der Waals surface area contributed by atoms with Gasteiger partial charge in [-0.05, 0) is 29.8 Å². The van der Waals surface area contributed by atoms with Crippen molar-refractivity contribution in [3.63, 3.8) is 0 Å². The van der Waals surface area contributed by atoms with Crippen LogP contribution in [0.5, 0.6) is 0 Å². The lowest BCUT2D eigenvalue weighted by atomic mass is 10.0. The molecule has 0 atom stereocenters.